The van der Waals surface area contributed by atoms with Crippen LogP contribution in [-0.2, 0) is 9.59 Å². The third-order valence-electron chi connectivity index (χ3n) is 4.31. The minimum atomic E-state index is -0.832. The second-order valence-corrected chi connectivity index (χ2v) is 6.69. The maximum atomic E-state index is 12.3. The summed E-state index contributed by atoms with van der Waals surface area (Å²) in [6.45, 7) is 5.61. The van der Waals surface area contributed by atoms with Crippen LogP contribution in [0.3, 0.4) is 0 Å². The van der Waals surface area contributed by atoms with E-state index in [1.165, 1.54) is 0 Å². The van der Waals surface area contributed by atoms with Crippen molar-refractivity contribution < 1.29 is 19.5 Å². The molecule has 130 valence electrons. The summed E-state index contributed by atoms with van der Waals surface area (Å²) in [5.74, 6) is -1.82. The fraction of sp³-hybridized carbons (Fsp3) is 0.500. The standard InChI is InChI=1S/C18H24N2O4/c1-10(2)19-17(22)15-7-6-14(8-11(15)3)20-16(21)12-4-5-13(9-12)18(23)24/h6-8,10,12-13H,4-5,9H2,1-3H3,(H,19,22)(H,20,21)(H,23,24)/t12-,13+/m1/s1. The number of benzene rings is 1. The van der Waals surface area contributed by atoms with Gasteiger partial charge >= 0.3 is 5.97 Å². The van der Waals surface area contributed by atoms with E-state index in [-0.39, 0.29) is 23.8 Å². The minimum Gasteiger partial charge on any atom is -0.481 e. The summed E-state index contributed by atoms with van der Waals surface area (Å²) < 4.78 is 0. The lowest BCUT2D eigenvalue weighted by atomic mass is 10.0. The van der Waals surface area contributed by atoms with E-state index in [1.807, 2.05) is 20.8 Å². The highest BCUT2D eigenvalue weighted by molar-refractivity contribution is 5.97. The van der Waals surface area contributed by atoms with Crippen LogP contribution in [0.5, 0.6) is 0 Å². The molecular weight excluding hydrogens is 308 g/mol. The molecule has 0 spiro atoms. The number of carbonyl (C=O) groups is 3. The molecule has 2 amide bonds. The van der Waals surface area contributed by atoms with E-state index in [2.05, 4.69) is 10.6 Å². The second-order valence-electron chi connectivity index (χ2n) is 6.69. The van der Waals surface area contributed by atoms with Crippen LogP contribution in [-0.4, -0.2) is 28.9 Å². The lowest BCUT2D eigenvalue weighted by Crippen LogP contribution is -2.30. The number of anilines is 1. The monoisotopic (exact) mass is 332 g/mol. The molecule has 2 atom stereocenters. The summed E-state index contributed by atoms with van der Waals surface area (Å²) >= 11 is 0. The number of carboxylic acids is 1. The molecule has 2 rings (SSSR count). The van der Waals surface area contributed by atoms with Crippen molar-refractivity contribution >= 4 is 23.5 Å². The first-order chi connectivity index (χ1) is 11.3. The zero-order valence-corrected chi connectivity index (χ0v) is 14.3. The predicted octanol–water partition coefficient (Wildman–Crippen LogP) is 2.57. The van der Waals surface area contributed by atoms with Crippen LogP contribution in [0, 0.1) is 18.8 Å². The average Bonchev–Trinajstić information content (AvgIpc) is 2.96. The van der Waals surface area contributed by atoms with E-state index in [0.29, 0.717) is 30.5 Å². The molecule has 1 saturated carbocycles. The molecule has 1 fully saturated rings. The third-order valence-corrected chi connectivity index (χ3v) is 4.31. The third kappa shape index (κ3) is 4.34. The first kappa shape index (κ1) is 18.0. The molecule has 1 aromatic rings. The molecule has 1 aliphatic carbocycles. The topological polar surface area (TPSA) is 95.5 Å². The smallest absolute Gasteiger partial charge is 0.306 e. The van der Waals surface area contributed by atoms with Gasteiger partial charge in [-0.3, -0.25) is 14.4 Å². The molecule has 0 saturated heterocycles. The van der Waals surface area contributed by atoms with E-state index in [4.69, 9.17) is 5.11 Å². The van der Waals surface area contributed by atoms with Gasteiger partial charge in [-0.25, -0.2) is 0 Å². The Bertz CT molecular complexity index is 654. The Hall–Kier alpha value is -2.37. The van der Waals surface area contributed by atoms with Crippen LogP contribution in [0.1, 0.15) is 49.0 Å². The molecule has 0 aliphatic heterocycles. The first-order valence-corrected chi connectivity index (χ1v) is 8.23. The lowest BCUT2D eigenvalue weighted by Gasteiger charge is -2.14. The van der Waals surface area contributed by atoms with Crippen molar-refractivity contribution in [1.29, 1.82) is 0 Å². The Morgan fingerprint density at radius 2 is 1.83 bits per heavy atom. The van der Waals surface area contributed by atoms with Gasteiger partial charge in [-0.2, -0.15) is 0 Å². The number of amides is 2. The molecule has 6 heteroatoms. The van der Waals surface area contributed by atoms with Crippen molar-refractivity contribution in [1.82, 2.24) is 5.32 Å². The van der Waals surface area contributed by atoms with Gasteiger partial charge in [0.1, 0.15) is 0 Å². The predicted molar refractivity (Wildman–Crippen MR) is 90.9 cm³/mol. The molecule has 1 aliphatic rings. The number of aliphatic carboxylic acids is 1. The number of hydrogen-bond donors (Lipinski definition) is 3. The van der Waals surface area contributed by atoms with E-state index in [0.717, 1.165) is 5.56 Å². The largest absolute Gasteiger partial charge is 0.481 e. The molecule has 6 nitrogen and oxygen atoms in total. The first-order valence-electron chi connectivity index (χ1n) is 8.23. The summed E-state index contributed by atoms with van der Waals surface area (Å²) in [7, 11) is 0. The van der Waals surface area contributed by atoms with Crippen molar-refractivity contribution in [2.75, 3.05) is 5.32 Å². The molecule has 0 bridgehead atoms. The maximum absolute atomic E-state index is 12.3. The van der Waals surface area contributed by atoms with Gasteiger partial charge < -0.3 is 15.7 Å². The van der Waals surface area contributed by atoms with Crippen LogP contribution >= 0.6 is 0 Å². The highest BCUT2D eigenvalue weighted by Crippen LogP contribution is 2.32. The van der Waals surface area contributed by atoms with Crippen molar-refractivity contribution in [2.24, 2.45) is 11.8 Å². The average molecular weight is 332 g/mol. The Balaban J connectivity index is 2.01. The van der Waals surface area contributed by atoms with Crippen molar-refractivity contribution in [3.63, 3.8) is 0 Å². The van der Waals surface area contributed by atoms with E-state index < -0.39 is 11.9 Å². The van der Waals surface area contributed by atoms with Crippen LogP contribution in [0.25, 0.3) is 0 Å². The van der Waals surface area contributed by atoms with Crippen LogP contribution < -0.4 is 10.6 Å². The molecule has 0 heterocycles. The zero-order valence-electron chi connectivity index (χ0n) is 14.3. The highest BCUT2D eigenvalue weighted by atomic mass is 16.4. The molecule has 0 aromatic heterocycles. The summed E-state index contributed by atoms with van der Waals surface area (Å²) in [5.41, 5.74) is 1.98. The van der Waals surface area contributed by atoms with Gasteiger partial charge in [0, 0.05) is 23.2 Å². The number of carbonyl (C=O) groups excluding carboxylic acids is 2. The summed E-state index contributed by atoms with van der Waals surface area (Å²) in [6, 6.07) is 5.21. The fourth-order valence-corrected chi connectivity index (χ4v) is 3.02. The normalized spacial score (nSPS) is 20.0. The fourth-order valence-electron chi connectivity index (χ4n) is 3.02. The number of nitrogens with one attached hydrogen (secondary N) is 2. The number of aryl methyl sites for hydroxylation is 1. The Morgan fingerprint density at radius 3 is 2.38 bits per heavy atom. The number of rotatable bonds is 5. The molecule has 3 N–H and O–H groups in total. The zero-order chi connectivity index (χ0) is 17.9. The number of carboxylic acid groups (broad SMARTS) is 1. The van der Waals surface area contributed by atoms with Gasteiger partial charge in [-0.15, -0.1) is 0 Å². The SMILES string of the molecule is Cc1cc(NC(=O)[C@@H]2CC[C@H](C(=O)O)C2)ccc1C(=O)NC(C)C. The van der Waals surface area contributed by atoms with Gasteiger partial charge in [0.2, 0.25) is 5.91 Å². The van der Waals surface area contributed by atoms with Crippen molar-refractivity contribution in [3.8, 4) is 0 Å². The van der Waals surface area contributed by atoms with Crippen LogP contribution in [0.15, 0.2) is 18.2 Å². The molecule has 0 unspecified atom stereocenters. The summed E-state index contributed by atoms with van der Waals surface area (Å²) in [6.07, 6.45) is 1.52. The van der Waals surface area contributed by atoms with E-state index in [1.54, 1.807) is 18.2 Å². The van der Waals surface area contributed by atoms with Gasteiger partial charge in [0.05, 0.1) is 5.92 Å². The van der Waals surface area contributed by atoms with Gasteiger partial charge in [0.25, 0.3) is 5.91 Å². The number of hydrogen-bond acceptors (Lipinski definition) is 3. The second kappa shape index (κ2) is 7.47. The lowest BCUT2D eigenvalue weighted by molar-refractivity contribution is -0.141. The summed E-state index contributed by atoms with van der Waals surface area (Å²) in [4.78, 5) is 35.3. The minimum absolute atomic E-state index is 0.0563. The van der Waals surface area contributed by atoms with Gasteiger partial charge in [-0.05, 0) is 63.8 Å². The molecule has 1 aromatic carbocycles. The van der Waals surface area contributed by atoms with Crippen LogP contribution in [0.4, 0.5) is 5.69 Å². The Morgan fingerprint density at radius 1 is 1.17 bits per heavy atom. The molecule has 24 heavy (non-hydrogen) atoms. The quantitative estimate of drug-likeness (QED) is 0.772. The summed E-state index contributed by atoms with van der Waals surface area (Å²) in [5, 5.41) is 14.7. The highest BCUT2D eigenvalue weighted by Gasteiger charge is 2.33. The Kier molecular flexibility index (Phi) is 5.59. The molecular formula is C18H24N2O4. The van der Waals surface area contributed by atoms with Crippen LogP contribution in [0.2, 0.25) is 0 Å². The van der Waals surface area contributed by atoms with E-state index >= 15 is 0 Å². The van der Waals surface area contributed by atoms with Crippen molar-refractivity contribution in [3.05, 3.63) is 29.3 Å². The van der Waals surface area contributed by atoms with Gasteiger partial charge in [-0.1, -0.05) is 0 Å². The molecule has 0 radical (unpaired) electrons. The maximum Gasteiger partial charge on any atom is 0.306 e. The van der Waals surface area contributed by atoms with Gasteiger partial charge in [0.15, 0.2) is 0 Å². The van der Waals surface area contributed by atoms with E-state index in [9.17, 15) is 14.4 Å². The Labute approximate surface area is 141 Å². The van der Waals surface area contributed by atoms with Crippen molar-refractivity contribution in [2.45, 2.75) is 46.1 Å².